The summed E-state index contributed by atoms with van der Waals surface area (Å²) in [6, 6.07) is 4.14. The van der Waals surface area contributed by atoms with Crippen LogP contribution in [-0.4, -0.2) is 42.9 Å². The van der Waals surface area contributed by atoms with E-state index in [0.717, 1.165) is 38.8 Å². The standard InChI is InChI=1S/C15H19NO3S/c17-13(14(3-4-14)12-2-1-11-20-12)16-7-5-15(6-8-16)18-9-10-19-15/h1-2,11H,3-10H2. The molecule has 0 aromatic carbocycles. The first kappa shape index (κ1) is 12.8. The molecule has 108 valence electrons. The van der Waals surface area contributed by atoms with Gasteiger partial charge >= 0.3 is 0 Å². The van der Waals surface area contributed by atoms with E-state index in [1.165, 1.54) is 4.88 Å². The molecule has 0 N–H and O–H groups in total. The second kappa shape index (κ2) is 4.55. The molecule has 3 heterocycles. The number of carbonyl (C=O) groups excluding carboxylic acids is 1. The van der Waals surface area contributed by atoms with Crippen LogP contribution >= 0.6 is 11.3 Å². The van der Waals surface area contributed by atoms with Crippen molar-refractivity contribution in [3.8, 4) is 0 Å². The zero-order chi connectivity index (χ0) is 13.6. The lowest BCUT2D eigenvalue weighted by molar-refractivity contribution is -0.188. The molecule has 4 nitrogen and oxygen atoms in total. The summed E-state index contributed by atoms with van der Waals surface area (Å²) in [7, 11) is 0. The lowest BCUT2D eigenvalue weighted by Crippen LogP contribution is -2.50. The molecule has 3 fully saturated rings. The smallest absolute Gasteiger partial charge is 0.234 e. The van der Waals surface area contributed by atoms with Crippen LogP contribution in [0.25, 0.3) is 0 Å². The van der Waals surface area contributed by atoms with E-state index in [1.807, 2.05) is 11.0 Å². The molecule has 0 atom stereocenters. The summed E-state index contributed by atoms with van der Waals surface area (Å²) in [4.78, 5) is 16.1. The second-order valence-corrected chi connectivity index (χ2v) is 6.91. The van der Waals surface area contributed by atoms with E-state index in [4.69, 9.17) is 9.47 Å². The molecule has 2 aliphatic heterocycles. The normalized spacial score (nSPS) is 26.9. The van der Waals surface area contributed by atoms with Crippen molar-refractivity contribution >= 4 is 17.2 Å². The topological polar surface area (TPSA) is 38.8 Å². The number of piperidine rings is 1. The number of ether oxygens (including phenoxy) is 2. The highest BCUT2D eigenvalue weighted by Crippen LogP contribution is 2.51. The van der Waals surface area contributed by atoms with Gasteiger partial charge < -0.3 is 14.4 Å². The first-order valence-electron chi connectivity index (χ1n) is 7.36. The van der Waals surface area contributed by atoms with Crippen molar-refractivity contribution in [2.75, 3.05) is 26.3 Å². The maximum absolute atomic E-state index is 12.8. The van der Waals surface area contributed by atoms with Crippen LogP contribution in [0.2, 0.25) is 0 Å². The fraction of sp³-hybridized carbons (Fsp3) is 0.667. The second-order valence-electron chi connectivity index (χ2n) is 5.96. The molecule has 4 rings (SSSR count). The average molecular weight is 293 g/mol. The van der Waals surface area contributed by atoms with E-state index in [2.05, 4.69) is 11.4 Å². The minimum absolute atomic E-state index is 0.198. The number of rotatable bonds is 2. The molecule has 5 heteroatoms. The largest absolute Gasteiger partial charge is 0.347 e. The Hall–Kier alpha value is -0.910. The van der Waals surface area contributed by atoms with Gasteiger partial charge in [0.05, 0.1) is 18.6 Å². The van der Waals surface area contributed by atoms with Crippen LogP contribution < -0.4 is 0 Å². The summed E-state index contributed by atoms with van der Waals surface area (Å²) in [5.41, 5.74) is -0.198. The quantitative estimate of drug-likeness (QED) is 0.838. The highest BCUT2D eigenvalue weighted by Gasteiger charge is 2.55. The van der Waals surface area contributed by atoms with Crippen LogP contribution in [0, 0.1) is 0 Å². The van der Waals surface area contributed by atoms with Gasteiger partial charge in [-0.25, -0.2) is 0 Å². The van der Waals surface area contributed by atoms with Gasteiger partial charge in [-0.3, -0.25) is 4.79 Å². The number of carbonyl (C=O) groups is 1. The molecule has 3 aliphatic rings. The molecule has 20 heavy (non-hydrogen) atoms. The van der Waals surface area contributed by atoms with E-state index in [-0.39, 0.29) is 5.41 Å². The molecule has 1 saturated carbocycles. The van der Waals surface area contributed by atoms with Gasteiger partial charge in [0.2, 0.25) is 5.91 Å². The molecule has 0 unspecified atom stereocenters. The van der Waals surface area contributed by atoms with E-state index in [1.54, 1.807) is 11.3 Å². The Morgan fingerprint density at radius 3 is 2.40 bits per heavy atom. The summed E-state index contributed by atoms with van der Waals surface area (Å²) >= 11 is 1.71. The third-order valence-corrected chi connectivity index (χ3v) is 5.85. The zero-order valence-corrected chi connectivity index (χ0v) is 12.3. The molecule has 1 amide bonds. The maximum Gasteiger partial charge on any atom is 0.234 e. The molecule has 2 saturated heterocycles. The van der Waals surface area contributed by atoms with Crippen LogP contribution in [0.15, 0.2) is 17.5 Å². The SMILES string of the molecule is O=C(N1CCC2(CC1)OCCO2)C1(c2cccs2)CC1. The van der Waals surface area contributed by atoms with Crippen molar-refractivity contribution in [2.45, 2.75) is 36.9 Å². The Balaban J connectivity index is 1.46. The van der Waals surface area contributed by atoms with E-state index in [0.29, 0.717) is 19.1 Å². The van der Waals surface area contributed by atoms with Crippen molar-refractivity contribution in [2.24, 2.45) is 0 Å². The van der Waals surface area contributed by atoms with Crippen LogP contribution in [0.4, 0.5) is 0 Å². The van der Waals surface area contributed by atoms with Gasteiger partial charge in [-0.1, -0.05) is 6.07 Å². The van der Waals surface area contributed by atoms with Crippen LogP contribution in [-0.2, 0) is 19.7 Å². The van der Waals surface area contributed by atoms with E-state index in [9.17, 15) is 4.79 Å². The number of amides is 1. The maximum atomic E-state index is 12.8. The number of nitrogens with zero attached hydrogens (tertiary/aromatic N) is 1. The first-order valence-corrected chi connectivity index (χ1v) is 8.23. The van der Waals surface area contributed by atoms with Gasteiger partial charge in [-0.05, 0) is 24.3 Å². The van der Waals surface area contributed by atoms with Crippen molar-refractivity contribution in [1.82, 2.24) is 4.90 Å². The molecule has 1 aromatic rings. The van der Waals surface area contributed by atoms with Crippen molar-refractivity contribution < 1.29 is 14.3 Å². The van der Waals surface area contributed by atoms with E-state index < -0.39 is 5.79 Å². The zero-order valence-electron chi connectivity index (χ0n) is 11.5. The fourth-order valence-corrected chi connectivity index (χ4v) is 4.36. The number of thiophene rings is 1. The lowest BCUT2D eigenvalue weighted by atomic mass is 9.98. The van der Waals surface area contributed by atoms with Gasteiger partial charge in [0.1, 0.15) is 0 Å². The fourth-order valence-electron chi connectivity index (χ4n) is 3.38. The van der Waals surface area contributed by atoms with Crippen LogP contribution in [0.1, 0.15) is 30.6 Å². The lowest BCUT2D eigenvalue weighted by Gasteiger charge is -2.38. The van der Waals surface area contributed by atoms with Gasteiger partial charge in [0.25, 0.3) is 0 Å². The summed E-state index contributed by atoms with van der Waals surface area (Å²) in [5.74, 6) is -0.0797. The Morgan fingerprint density at radius 1 is 1.15 bits per heavy atom. The third kappa shape index (κ3) is 1.91. The van der Waals surface area contributed by atoms with E-state index >= 15 is 0 Å². The number of hydrogen-bond donors (Lipinski definition) is 0. The van der Waals surface area contributed by atoms with Gasteiger partial charge in [-0.15, -0.1) is 11.3 Å². The monoisotopic (exact) mass is 293 g/mol. The Kier molecular flexibility index (Phi) is 2.91. The molecular weight excluding hydrogens is 274 g/mol. The Bertz CT molecular complexity index is 493. The van der Waals surface area contributed by atoms with Crippen LogP contribution in [0.5, 0.6) is 0 Å². The van der Waals surface area contributed by atoms with Crippen molar-refractivity contribution in [3.63, 3.8) is 0 Å². The minimum Gasteiger partial charge on any atom is -0.347 e. The predicted octanol–water partition coefficient (Wildman–Crippen LogP) is 2.15. The number of likely N-dealkylation sites (tertiary alicyclic amines) is 1. The molecule has 1 spiro atoms. The molecule has 1 aromatic heterocycles. The first-order chi connectivity index (χ1) is 9.74. The van der Waals surface area contributed by atoms with Crippen LogP contribution in [0.3, 0.4) is 0 Å². The predicted molar refractivity (Wildman–Crippen MR) is 75.7 cm³/mol. The summed E-state index contributed by atoms with van der Waals surface area (Å²) in [5, 5.41) is 2.06. The van der Waals surface area contributed by atoms with Gasteiger partial charge in [0, 0.05) is 30.8 Å². The third-order valence-electron chi connectivity index (χ3n) is 4.78. The van der Waals surface area contributed by atoms with Crippen molar-refractivity contribution in [3.05, 3.63) is 22.4 Å². The molecule has 1 aliphatic carbocycles. The average Bonchev–Trinajstić information content (AvgIpc) is 2.91. The Morgan fingerprint density at radius 2 is 1.85 bits per heavy atom. The minimum atomic E-state index is -0.392. The Labute approximate surface area is 122 Å². The molecule has 0 radical (unpaired) electrons. The summed E-state index contributed by atoms with van der Waals surface area (Å²) < 4.78 is 11.4. The summed E-state index contributed by atoms with van der Waals surface area (Å²) in [6.07, 6.45) is 3.61. The molecule has 0 bridgehead atoms. The highest BCUT2D eigenvalue weighted by molar-refractivity contribution is 7.10. The van der Waals surface area contributed by atoms with Gasteiger partial charge in [-0.2, -0.15) is 0 Å². The number of hydrogen-bond acceptors (Lipinski definition) is 4. The van der Waals surface area contributed by atoms with Gasteiger partial charge in [0.15, 0.2) is 5.79 Å². The van der Waals surface area contributed by atoms with Crippen molar-refractivity contribution in [1.29, 1.82) is 0 Å². The summed E-state index contributed by atoms with van der Waals surface area (Å²) in [6.45, 7) is 2.89. The molecular formula is C15H19NO3S. The highest BCUT2D eigenvalue weighted by atomic mass is 32.1.